The number of ether oxygens (including phenoxy) is 2. The summed E-state index contributed by atoms with van der Waals surface area (Å²) in [6.07, 6.45) is 0. The molecule has 0 aliphatic rings. The number of anilines is 1. The third-order valence-electron chi connectivity index (χ3n) is 3.07. The van der Waals surface area contributed by atoms with Crippen LogP contribution in [-0.2, 0) is 4.79 Å². The molecule has 0 saturated carbocycles. The number of amides is 1. The summed E-state index contributed by atoms with van der Waals surface area (Å²) in [6, 6.07) is 10.8. The van der Waals surface area contributed by atoms with Gasteiger partial charge >= 0.3 is 6.61 Å². The molecule has 7 heteroatoms. The minimum absolute atomic E-state index is 0.00942. The van der Waals surface area contributed by atoms with Crippen molar-refractivity contribution in [3.8, 4) is 11.5 Å². The standard InChI is InChI=1S/C17H16F3NO3/c1-17(2,24-14-7-3-11(18)4-8-14)15(22)21-12-5-9-13(10-6-12)23-16(19)20/h3-10,16H,1-2H3,(H,21,22). The van der Waals surface area contributed by atoms with Crippen LogP contribution in [0.15, 0.2) is 48.5 Å². The van der Waals surface area contributed by atoms with E-state index in [4.69, 9.17) is 4.74 Å². The molecule has 0 aliphatic heterocycles. The monoisotopic (exact) mass is 339 g/mol. The average molecular weight is 339 g/mol. The summed E-state index contributed by atoms with van der Waals surface area (Å²) in [5, 5.41) is 2.61. The molecular formula is C17H16F3NO3. The molecule has 0 heterocycles. The molecule has 0 unspecified atom stereocenters. The van der Waals surface area contributed by atoms with Crippen LogP contribution >= 0.6 is 0 Å². The summed E-state index contributed by atoms with van der Waals surface area (Å²) in [7, 11) is 0. The van der Waals surface area contributed by atoms with Gasteiger partial charge in [-0.2, -0.15) is 8.78 Å². The summed E-state index contributed by atoms with van der Waals surface area (Å²) < 4.78 is 46.9. The van der Waals surface area contributed by atoms with Crippen LogP contribution in [0.3, 0.4) is 0 Å². The van der Waals surface area contributed by atoms with E-state index >= 15 is 0 Å². The Morgan fingerprint density at radius 1 is 1.00 bits per heavy atom. The van der Waals surface area contributed by atoms with Gasteiger partial charge in [-0.15, -0.1) is 0 Å². The quantitative estimate of drug-likeness (QED) is 0.857. The van der Waals surface area contributed by atoms with E-state index in [0.717, 1.165) is 0 Å². The maximum absolute atomic E-state index is 12.9. The molecule has 0 saturated heterocycles. The van der Waals surface area contributed by atoms with Gasteiger partial charge in [0.05, 0.1) is 0 Å². The number of hydrogen-bond acceptors (Lipinski definition) is 3. The Labute approximate surface area is 137 Å². The lowest BCUT2D eigenvalue weighted by molar-refractivity contribution is -0.128. The maximum Gasteiger partial charge on any atom is 0.387 e. The Balaban J connectivity index is 2.00. The third kappa shape index (κ3) is 4.91. The molecule has 0 bridgehead atoms. The van der Waals surface area contributed by atoms with E-state index in [1.54, 1.807) is 13.8 Å². The number of benzene rings is 2. The predicted molar refractivity (Wildman–Crippen MR) is 82.8 cm³/mol. The van der Waals surface area contributed by atoms with Crippen molar-refractivity contribution in [1.82, 2.24) is 0 Å². The first-order valence-corrected chi connectivity index (χ1v) is 7.07. The van der Waals surface area contributed by atoms with Gasteiger partial charge < -0.3 is 14.8 Å². The van der Waals surface area contributed by atoms with Crippen molar-refractivity contribution in [2.45, 2.75) is 26.1 Å². The third-order valence-corrected chi connectivity index (χ3v) is 3.07. The number of rotatable bonds is 6. The van der Waals surface area contributed by atoms with Gasteiger partial charge in [0.15, 0.2) is 5.60 Å². The molecule has 2 aromatic carbocycles. The Kier molecular flexibility index (Phi) is 5.33. The van der Waals surface area contributed by atoms with E-state index in [1.807, 2.05) is 0 Å². The van der Waals surface area contributed by atoms with E-state index in [1.165, 1.54) is 48.5 Å². The number of alkyl halides is 2. The first-order chi connectivity index (χ1) is 11.3. The van der Waals surface area contributed by atoms with E-state index < -0.39 is 23.9 Å². The zero-order valence-electron chi connectivity index (χ0n) is 13.1. The Morgan fingerprint density at radius 3 is 2.08 bits per heavy atom. The van der Waals surface area contributed by atoms with Crippen LogP contribution in [0.5, 0.6) is 11.5 Å². The van der Waals surface area contributed by atoms with E-state index in [0.29, 0.717) is 11.4 Å². The summed E-state index contributed by atoms with van der Waals surface area (Å²) in [5.41, 5.74) is -0.826. The molecule has 2 rings (SSSR count). The molecule has 1 N–H and O–H groups in total. The van der Waals surface area contributed by atoms with Crippen molar-refractivity contribution in [3.63, 3.8) is 0 Å². The first kappa shape index (κ1) is 17.7. The Bertz CT molecular complexity index is 685. The van der Waals surface area contributed by atoms with Gasteiger partial charge in [-0.05, 0) is 62.4 Å². The second-order valence-electron chi connectivity index (χ2n) is 5.42. The van der Waals surface area contributed by atoms with Crippen LogP contribution in [-0.4, -0.2) is 18.1 Å². The lowest BCUT2D eigenvalue weighted by Gasteiger charge is -2.25. The zero-order valence-corrected chi connectivity index (χ0v) is 13.1. The lowest BCUT2D eigenvalue weighted by atomic mass is 10.1. The van der Waals surface area contributed by atoms with Crippen LogP contribution in [0.25, 0.3) is 0 Å². The second-order valence-corrected chi connectivity index (χ2v) is 5.42. The number of nitrogens with one attached hydrogen (secondary N) is 1. The average Bonchev–Trinajstić information content (AvgIpc) is 2.51. The normalized spacial score (nSPS) is 11.2. The van der Waals surface area contributed by atoms with Crippen LogP contribution in [0.1, 0.15) is 13.8 Å². The molecule has 24 heavy (non-hydrogen) atoms. The highest BCUT2D eigenvalue weighted by Gasteiger charge is 2.30. The molecule has 128 valence electrons. The molecule has 1 amide bonds. The molecule has 0 aromatic heterocycles. The molecule has 0 spiro atoms. The summed E-state index contributed by atoms with van der Waals surface area (Å²) in [4.78, 5) is 12.3. The topological polar surface area (TPSA) is 47.6 Å². The van der Waals surface area contributed by atoms with Crippen LogP contribution in [0.4, 0.5) is 18.9 Å². The van der Waals surface area contributed by atoms with Crippen LogP contribution in [0, 0.1) is 5.82 Å². The predicted octanol–water partition coefficient (Wildman–Crippen LogP) is 4.22. The van der Waals surface area contributed by atoms with Gasteiger partial charge in [-0.25, -0.2) is 4.39 Å². The molecular weight excluding hydrogens is 323 g/mol. The van der Waals surface area contributed by atoms with Gasteiger partial charge in [0.1, 0.15) is 17.3 Å². The second kappa shape index (κ2) is 7.25. The van der Waals surface area contributed by atoms with Gasteiger partial charge in [0.25, 0.3) is 5.91 Å². The van der Waals surface area contributed by atoms with Crippen molar-refractivity contribution >= 4 is 11.6 Å². The van der Waals surface area contributed by atoms with E-state index in [9.17, 15) is 18.0 Å². The molecule has 4 nitrogen and oxygen atoms in total. The van der Waals surface area contributed by atoms with Gasteiger partial charge in [0, 0.05) is 5.69 Å². The smallest absolute Gasteiger partial charge is 0.387 e. The Hall–Kier alpha value is -2.70. The largest absolute Gasteiger partial charge is 0.478 e. The lowest BCUT2D eigenvalue weighted by Crippen LogP contribution is -2.42. The van der Waals surface area contributed by atoms with Crippen molar-refractivity contribution in [3.05, 3.63) is 54.3 Å². The SMILES string of the molecule is CC(C)(Oc1ccc(F)cc1)C(=O)Nc1ccc(OC(F)F)cc1. The number of hydrogen-bond donors (Lipinski definition) is 1. The number of carbonyl (C=O) groups is 1. The minimum atomic E-state index is -2.91. The molecule has 2 aromatic rings. The van der Waals surface area contributed by atoms with Crippen molar-refractivity contribution in [2.75, 3.05) is 5.32 Å². The fourth-order valence-electron chi connectivity index (χ4n) is 1.84. The van der Waals surface area contributed by atoms with E-state index in [-0.39, 0.29) is 5.75 Å². The molecule has 0 fully saturated rings. The van der Waals surface area contributed by atoms with Crippen molar-refractivity contribution in [2.24, 2.45) is 0 Å². The van der Waals surface area contributed by atoms with E-state index in [2.05, 4.69) is 10.1 Å². The minimum Gasteiger partial charge on any atom is -0.478 e. The fraction of sp³-hybridized carbons (Fsp3) is 0.235. The summed E-state index contributed by atoms with van der Waals surface area (Å²) >= 11 is 0. The maximum atomic E-state index is 12.9. The highest BCUT2D eigenvalue weighted by atomic mass is 19.3. The molecule has 0 aliphatic carbocycles. The fourth-order valence-corrected chi connectivity index (χ4v) is 1.84. The number of carbonyl (C=O) groups excluding carboxylic acids is 1. The Morgan fingerprint density at radius 2 is 1.54 bits per heavy atom. The van der Waals surface area contributed by atoms with Gasteiger partial charge in [0.2, 0.25) is 0 Å². The number of halogens is 3. The summed E-state index contributed by atoms with van der Waals surface area (Å²) in [6.45, 7) is 0.202. The van der Waals surface area contributed by atoms with Crippen LogP contribution < -0.4 is 14.8 Å². The van der Waals surface area contributed by atoms with Gasteiger partial charge in [-0.1, -0.05) is 0 Å². The zero-order chi connectivity index (χ0) is 17.7. The van der Waals surface area contributed by atoms with Crippen LogP contribution in [0.2, 0.25) is 0 Å². The summed E-state index contributed by atoms with van der Waals surface area (Å²) in [5.74, 6) is -0.521. The highest BCUT2D eigenvalue weighted by Crippen LogP contribution is 2.22. The molecule has 0 atom stereocenters. The van der Waals surface area contributed by atoms with Crippen molar-refractivity contribution in [1.29, 1.82) is 0 Å². The molecule has 0 radical (unpaired) electrons. The van der Waals surface area contributed by atoms with Gasteiger partial charge in [-0.3, -0.25) is 4.79 Å². The first-order valence-electron chi connectivity index (χ1n) is 7.07. The van der Waals surface area contributed by atoms with Crippen molar-refractivity contribution < 1.29 is 27.4 Å². The highest BCUT2D eigenvalue weighted by molar-refractivity contribution is 5.97.